The van der Waals surface area contributed by atoms with Crippen molar-refractivity contribution >= 4 is 5.97 Å². The van der Waals surface area contributed by atoms with E-state index in [1.807, 2.05) is 0 Å². The fourth-order valence-corrected chi connectivity index (χ4v) is 2.24. The molecule has 0 aromatic heterocycles. The highest BCUT2D eigenvalue weighted by Crippen LogP contribution is 2.21. The van der Waals surface area contributed by atoms with Crippen LogP contribution in [0.2, 0.25) is 0 Å². The van der Waals surface area contributed by atoms with Crippen LogP contribution in [0, 0.1) is 11.3 Å². The third-order valence-corrected chi connectivity index (χ3v) is 3.33. The lowest BCUT2D eigenvalue weighted by molar-refractivity contribution is -0.145. The summed E-state index contributed by atoms with van der Waals surface area (Å²) in [6.07, 6.45) is 5.80. The van der Waals surface area contributed by atoms with Gasteiger partial charge in [0.15, 0.2) is 0 Å². The smallest absolute Gasteiger partial charge is 0.307 e. The maximum Gasteiger partial charge on any atom is 0.307 e. The Morgan fingerprint density at radius 2 is 1.89 bits per heavy atom. The molecule has 114 valence electrons. The van der Waals surface area contributed by atoms with Gasteiger partial charge in [-0.25, -0.2) is 0 Å². The zero-order valence-electron chi connectivity index (χ0n) is 13.5. The van der Waals surface area contributed by atoms with Gasteiger partial charge in [0.2, 0.25) is 0 Å². The molecular weight excluding hydrogens is 238 g/mol. The number of hydrogen-bond acceptors (Lipinski definition) is 3. The van der Waals surface area contributed by atoms with Gasteiger partial charge in [-0.2, -0.15) is 0 Å². The molecule has 2 N–H and O–H groups in total. The maximum absolute atomic E-state index is 11.7. The quantitative estimate of drug-likeness (QED) is 0.647. The van der Waals surface area contributed by atoms with Crippen molar-refractivity contribution in [2.45, 2.75) is 79.2 Å². The van der Waals surface area contributed by atoms with E-state index in [-0.39, 0.29) is 17.4 Å². The second-order valence-electron chi connectivity index (χ2n) is 6.83. The summed E-state index contributed by atoms with van der Waals surface area (Å²) >= 11 is 0. The molecule has 0 amide bonds. The van der Waals surface area contributed by atoms with E-state index in [4.69, 9.17) is 10.5 Å². The Balaban J connectivity index is 3.90. The Morgan fingerprint density at radius 3 is 2.37 bits per heavy atom. The Morgan fingerprint density at radius 1 is 1.26 bits per heavy atom. The summed E-state index contributed by atoms with van der Waals surface area (Å²) < 4.78 is 5.36. The molecule has 3 heteroatoms. The van der Waals surface area contributed by atoms with Crippen LogP contribution >= 0.6 is 0 Å². The topological polar surface area (TPSA) is 52.3 Å². The van der Waals surface area contributed by atoms with Gasteiger partial charge in [0.1, 0.15) is 0 Å². The molecule has 2 atom stereocenters. The molecule has 2 unspecified atom stereocenters. The summed E-state index contributed by atoms with van der Waals surface area (Å²) in [5, 5.41) is 0. The monoisotopic (exact) mass is 271 g/mol. The Kier molecular flexibility index (Phi) is 9.07. The van der Waals surface area contributed by atoms with Crippen molar-refractivity contribution in [3.05, 3.63) is 0 Å². The number of unbranched alkanes of at least 4 members (excludes halogenated alkanes) is 1. The second-order valence-corrected chi connectivity index (χ2v) is 6.83. The summed E-state index contributed by atoms with van der Waals surface area (Å²) in [7, 11) is 0. The fourth-order valence-electron chi connectivity index (χ4n) is 2.24. The second kappa shape index (κ2) is 9.35. The van der Waals surface area contributed by atoms with Crippen LogP contribution in [0.1, 0.15) is 73.1 Å². The van der Waals surface area contributed by atoms with E-state index in [1.54, 1.807) is 0 Å². The van der Waals surface area contributed by atoms with E-state index >= 15 is 0 Å². The van der Waals surface area contributed by atoms with E-state index in [0.717, 1.165) is 19.3 Å². The fraction of sp³-hybridized carbons (Fsp3) is 0.938. The molecule has 19 heavy (non-hydrogen) atoms. The Bertz CT molecular complexity index is 246. The highest BCUT2D eigenvalue weighted by Gasteiger charge is 2.19. The standard InChI is InChI=1S/C16H33NO2/c1-6-8-9-13(7-2)12-19-15(18)10-14(17)11-16(3,4)5/h13-14H,6-12,17H2,1-5H3. The molecule has 0 aliphatic carbocycles. The van der Waals surface area contributed by atoms with Crippen molar-refractivity contribution in [3.8, 4) is 0 Å². The van der Waals surface area contributed by atoms with Crippen LogP contribution in [0.3, 0.4) is 0 Å². The highest BCUT2D eigenvalue weighted by atomic mass is 16.5. The molecule has 0 aliphatic heterocycles. The number of ether oxygens (including phenoxy) is 1. The molecule has 0 spiro atoms. The number of carbonyl (C=O) groups is 1. The SMILES string of the molecule is CCCCC(CC)COC(=O)CC(N)CC(C)(C)C. The third-order valence-electron chi connectivity index (χ3n) is 3.33. The zero-order chi connectivity index (χ0) is 14.9. The summed E-state index contributed by atoms with van der Waals surface area (Å²) in [5.41, 5.74) is 6.14. The lowest BCUT2D eigenvalue weighted by Crippen LogP contribution is -2.30. The molecule has 0 aromatic rings. The van der Waals surface area contributed by atoms with Crippen LogP contribution in [0.15, 0.2) is 0 Å². The lowest BCUT2D eigenvalue weighted by Gasteiger charge is -2.22. The van der Waals surface area contributed by atoms with E-state index in [9.17, 15) is 4.79 Å². The summed E-state index contributed by atoms with van der Waals surface area (Å²) in [6.45, 7) is 11.3. The Labute approximate surface area is 119 Å². The van der Waals surface area contributed by atoms with E-state index < -0.39 is 0 Å². The van der Waals surface area contributed by atoms with Crippen molar-refractivity contribution in [2.24, 2.45) is 17.1 Å². The molecule has 0 saturated carbocycles. The average molecular weight is 271 g/mol. The molecule has 0 rings (SSSR count). The third kappa shape index (κ3) is 11.0. The first kappa shape index (κ1) is 18.4. The maximum atomic E-state index is 11.7. The first-order chi connectivity index (χ1) is 8.78. The number of nitrogens with two attached hydrogens (primary N) is 1. The van der Waals surface area contributed by atoms with Crippen LogP contribution in [-0.2, 0) is 9.53 Å². The summed E-state index contributed by atoms with van der Waals surface area (Å²) in [6, 6.07) is -0.0942. The number of carbonyl (C=O) groups excluding carboxylic acids is 1. The molecule has 0 heterocycles. The van der Waals surface area contributed by atoms with E-state index in [0.29, 0.717) is 18.9 Å². The molecule has 0 saturated heterocycles. The molecule has 0 fully saturated rings. The average Bonchev–Trinajstić information content (AvgIpc) is 2.26. The van der Waals surface area contributed by atoms with Gasteiger partial charge in [0.25, 0.3) is 0 Å². The van der Waals surface area contributed by atoms with Crippen molar-refractivity contribution in [2.75, 3.05) is 6.61 Å². The van der Waals surface area contributed by atoms with Crippen LogP contribution in [-0.4, -0.2) is 18.6 Å². The Hall–Kier alpha value is -0.570. The highest BCUT2D eigenvalue weighted by molar-refractivity contribution is 5.70. The van der Waals surface area contributed by atoms with Gasteiger partial charge >= 0.3 is 5.97 Å². The van der Waals surface area contributed by atoms with E-state index in [1.165, 1.54) is 12.8 Å². The van der Waals surface area contributed by atoms with Crippen LogP contribution in [0.25, 0.3) is 0 Å². The predicted octanol–water partition coefficient (Wildman–Crippen LogP) is 3.90. The lowest BCUT2D eigenvalue weighted by atomic mass is 9.87. The molecule has 0 bridgehead atoms. The van der Waals surface area contributed by atoms with Gasteiger partial charge in [-0.1, -0.05) is 53.9 Å². The zero-order valence-corrected chi connectivity index (χ0v) is 13.5. The summed E-state index contributed by atoms with van der Waals surface area (Å²) in [4.78, 5) is 11.7. The van der Waals surface area contributed by atoms with E-state index in [2.05, 4.69) is 34.6 Å². The predicted molar refractivity (Wildman–Crippen MR) is 80.9 cm³/mol. The van der Waals surface area contributed by atoms with Gasteiger partial charge in [-0.05, 0) is 24.2 Å². The first-order valence-electron chi connectivity index (χ1n) is 7.69. The van der Waals surface area contributed by atoms with Crippen molar-refractivity contribution < 1.29 is 9.53 Å². The molecule has 0 aliphatic rings. The van der Waals surface area contributed by atoms with Gasteiger partial charge in [-0.15, -0.1) is 0 Å². The number of rotatable bonds is 9. The first-order valence-corrected chi connectivity index (χ1v) is 7.69. The molecular formula is C16H33NO2. The normalized spacial score (nSPS) is 15.1. The minimum atomic E-state index is -0.147. The van der Waals surface area contributed by atoms with Crippen LogP contribution in [0.5, 0.6) is 0 Å². The van der Waals surface area contributed by atoms with Gasteiger partial charge < -0.3 is 10.5 Å². The number of hydrogen-bond donors (Lipinski definition) is 1. The van der Waals surface area contributed by atoms with Gasteiger partial charge in [0.05, 0.1) is 13.0 Å². The minimum absolute atomic E-state index is 0.0942. The molecule has 0 radical (unpaired) electrons. The molecule has 3 nitrogen and oxygen atoms in total. The van der Waals surface area contributed by atoms with Gasteiger partial charge in [0, 0.05) is 6.04 Å². The van der Waals surface area contributed by atoms with Crippen LogP contribution < -0.4 is 5.73 Å². The van der Waals surface area contributed by atoms with Crippen molar-refractivity contribution in [1.29, 1.82) is 0 Å². The van der Waals surface area contributed by atoms with Gasteiger partial charge in [-0.3, -0.25) is 4.79 Å². The minimum Gasteiger partial charge on any atom is -0.465 e. The largest absolute Gasteiger partial charge is 0.465 e. The van der Waals surface area contributed by atoms with Crippen molar-refractivity contribution in [3.63, 3.8) is 0 Å². The van der Waals surface area contributed by atoms with Crippen molar-refractivity contribution in [1.82, 2.24) is 0 Å². The summed E-state index contributed by atoms with van der Waals surface area (Å²) in [5.74, 6) is 0.356. The molecule has 0 aromatic carbocycles. The van der Waals surface area contributed by atoms with Crippen LogP contribution in [0.4, 0.5) is 0 Å². The number of esters is 1.